The van der Waals surface area contributed by atoms with Crippen LogP contribution in [0.15, 0.2) is 0 Å². The fourth-order valence-corrected chi connectivity index (χ4v) is 4.34. The summed E-state index contributed by atoms with van der Waals surface area (Å²) in [5.41, 5.74) is 6.24. The molecular formula is C19H35ClN2O3. The standard InChI is InChI=1S/C19H34N2O3.ClH/c1-14-2-4-16(5-3-14)24-17-6-10-21(11-7-17)19(22)18(20)15-8-12-23-13-9-15;/h14-18H,2-13,20H2,1H3;1H. The molecule has 3 aliphatic rings. The van der Waals surface area contributed by atoms with Crippen LogP contribution in [0.1, 0.15) is 58.3 Å². The van der Waals surface area contributed by atoms with Crippen LogP contribution in [0.4, 0.5) is 0 Å². The van der Waals surface area contributed by atoms with Gasteiger partial charge in [-0.05, 0) is 63.2 Å². The smallest absolute Gasteiger partial charge is 0.239 e. The van der Waals surface area contributed by atoms with E-state index in [0.29, 0.717) is 12.2 Å². The van der Waals surface area contributed by atoms with Crippen molar-refractivity contribution in [1.82, 2.24) is 4.90 Å². The van der Waals surface area contributed by atoms with Gasteiger partial charge in [0.2, 0.25) is 5.91 Å². The molecule has 25 heavy (non-hydrogen) atoms. The van der Waals surface area contributed by atoms with Crippen LogP contribution in [0.25, 0.3) is 0 Å². The molecule has 2 aliphatic heterocycles. The number of carbonyl (C=O) groups is 1. The highest BCUT2D eigenvalue weighted by Crippen LogP contribution is 2.28. The highest BCUT2D eigenvalue weighted by atomic mass is 35.5. The third-order valence-corrected chi connectivity index (χ3v) is 6.16. The van der Waals surface area contributed by atoms with Gasteiger partial charge < -0.3 is 20.1 Å². The maximum Gasteiger partial charge on any atom is 0.239 e. The number of hydrogen-bond acceptors (Lipinski definition) is 4. The molecule has 0 aromatic carbocycles. The third kappa shape index (κ3) is 5.81. The van der Waals surface area contributed by atoms with E-state index in [2.05, 4.69) is 6.92 Å². The van der Waals surface area contributed by atoms with Gasteiger partial charge in [-0.1, -0.05) is 6.92 Å². The average molecular weight is 375 g/mol. The van der Waals surface area contributed by atoms with Gasteiger partial charge in [0.1, 0.15) is 0 Å². The van der Waals surface area contributed by atoms with Crippen molar-refractivity contribution in [2.24, 2.45) is 17.6 Å². The minimum atomic E-state index is -0.355. The predicted molar refractivity (Wildman–Crippen MR) is 101 cm³/mol. The van der Waals surface area contributed by atoms with Gasteiger partial charge in [-0.25, -0.2) is 0 Å². The van der Waals surface area contributed by atoms with Crippen LogP contribution >= 0.6 is 12.4 Å². The Balaban J connectivity index is 0.00000225. The first-order valence-corrected chi connectivity index (χ1v) is 9.91. The quantitative estimate of drug-likeness (QED) is 0.821. The maximum absolute atomic E-state index is 12.6. The molecule has 0 bridgehead atoms. The van der Waals surface area contributed by atoms with Gasteiger partial charge >= 0.3 is 0 Å². The van der Waals surface area contributed by atoms with Crippen LogP contribution in [0.3, 0.4) is 0 Å². The number of amides is 1. The molecule has 1 aliphatic carbocycles. The van der Waals surface area contributed by atoms with E-state index in [1.807, 2.05) is 4.90 Å². The molecule has 146 valence electrons. The molecule has 0 radical (unpaired) electrons. The minimum Gasteiger partial charge on any atom is -0.381 e. The number of halogens is 1. The number of nitrogens with zero attached hydrogens (tertiary/aromatic N) is 1. The van der Waals surface area contributed by atoms with Crippen molar-refractivity contribution in [3.63, 3.8) is 0 Å². The Hall–Kier alpha value is -0.360. The number of ether oxygens (including phenoxy) is 2. The average Bonchev–Trinajstić information content (AvgIpc) is 2.64. The number of rotatable bonds is 4. The normalized spacial score (nSPS) is 30.6. The van der Waals surface area contributed by atoms with E-state index >= 15 is 0 Å². The molecule has 2 N–H and O–H groups in total. The predicted octanol–water partition coefficient (Wildman–Crippen LogP) is 2.75. The number of piperidine rings is 1. The maximum atomic E-state index is 12.6. The van der Waals surface area contributed by atoms with E-state index in [-0.39, 0.29) is 30.3 Å². The van der Waals surface area contributed by atoms with Crippen molar-refractivity contribution >= 4 is 18.3 Å². The van der Waals surface area contributed by atoms with E-state index in [4.69, 9.17) is 15.2 Å². The van der Waals surface area contributed by atoms with Crippen LogP contribution < -0.4 is 5.73 Å². The first kappa shape index (κ1) is 20.9. The van der Waals surface area contributed by atoms with Crippen LogP contribution in [0.2, 0.25) is 0 Å². The van der Waals surface area contributed by atoms with Crippen molar-refractivity contribution in [1.29, 1.82) is 0 Å². The first-order chi connectivity index (χ1) is 11.6. The lowest BCUT2D eigenvalue weighted by Gasteiger charge is -2.37. The zero-order valence-electron chi connectivity index (χ0n) is 15.5. The summed E-state index contributed by atoms with van der Waals surface area (Å²) >= 11 is 0. The van der Waals surface area contributed by atoms with E-state index in [1.54, 1.807) is 0 Å². The molecule has 5 nitrogen and oxygen atoms in total. The fourth-order valence-electron chi connectivity index (χ4n) is 4.34. The molecule has 0 aromatic heterocycles. The number of nitrogens with two attached hydrogens (primary N) is 1. The molecule has 0 aromatic rings. The molecule has 3 fully saturated rings. The molecule has 2 saturated heterocycles. The van der Waals surface area contributed by atoms with Crippen molar-refractivity contribution in [2.45, 2.75) is 76.5 Å². The van der Waals surface area contributed by atoms with Gasteiger partial charge in [0.15, 0.2) is 0 Å². The van der Waals surface area contributed by atoms with Gasteiger partial charge in [-0.15, -0.1) is 12.4 Å². The third-order valence-electron chi connectivity index (χ3n) is 6.16. The van der Waals surface area contributed by atoms with Gasteiger partial charge in [0.25, 0.3) is 0 Å². The zero-order chi connectivity index (χ0) is 16.9. The number of hydrogen-bond donors (Lipinski definition) is 1. The molecule has 1 saturated carbocycles. The fraction of sp³-hybridized carbons (Fsp3) is 0.947. The van der Waals surface area contributed by atoms with Crippen LogP contribution in [0, 0.1) is 11.8 Å². The molecule has 3 rings (SSSR count). The zero-order valence-corrected chi connectivity index (χ0v) is 16.3. The molecule has 6 heteroatoms. The highest BCUT2D eigenvalue weighted by Gasteiger charge is 2.33. The van der Waals surface area contributed by atoms with E-state index < -0.39 is 0 Å². The summed E-state index contributed by atoms with van der Waals surface area (Å²) in [5, 5.41) is 0. The van der Waals surface area contributed by atoms with Crippen molar-refractivity contribution < 1.29 is 14.3 Å². The highest BCUT2D eigenvalue weighted by molar-refractivity contribution is 5.85. The van der Waals surface area contributed by atoms with Gasteiger partial charge in [-0.2, -0.15) is 0 Å². The SMILES string of the molecule is CC1CCC(OC2CCN(C(=O)C(N)C3CCOCC3)CC2)CC1.Cl. The van der Waals surface area contributed by atoms with Crippen molar-refractivity contribution in [2.75, 3.05) is 26.3 Å². The Labute approximate surface area is 158 Å². The monoisotopic (exact) mass is 374 g/mol. The molecule has 2 heterocycles. The van der Waals surface area contributed by atoms with Crippen LogP contribution in [-0.4, -0.2) is 55.4 Å². The van der Waals surface area contributed by atoms with Crippen LogP contribution in [0.5, 0.6) is 0 Å². The minimum absolute atomic E-state index is 0. The van der Waals surface area contributed by atoms with E-state index in [1.165, 1.54) is 25.7 Å². The summed E-state index contributed by atoms with van der Waals surface area (Å²) in [6.45, 7) is 5.40. The lowest BCUT2D eigenvalue weighted by Crippen LogP contribution is -2.52. The Bertz CT molecular complexity index is 401. The number of carbonyl (C=O) groups excluding carboxylic acids is 1. The van der Waals surface area contributed by atoms with Gasteiger partial charge in [0, 0.05) is 26.3 Å². The summed E-state index contributed by atoms with van der Waals surface area (Å²) in [5.74, 6) is 1.27. The molecule has 1 amide bonds. The van der Waals surface area contributed by atoms with E-state index in [0.717, 1.165) is 57.9 Å². The second kappa shape index (κ2) is 10.1. The summed E-state index contributed by atoms with van der Waals surface area (Å²) in [6, 6.07) is -0.355. The van der Waals surface area contributed by atoms with Gasteiger partial charge in [0.05, 0.1) is 18.2 Å². The molecule has 0 spiro atoms. The number of likely N-dealkylation sites (tertiary alicyclic amines) is 1. The first-order valence-electron chi connectivity index (χ1n) is 9.91. The summed E-state index contributed by atoms with van der Waals surface area (Å²) < 4.78 is 11.7. The lowest BCUT2D eigenvalue weighted by atomic mass is 9.88. The Kier molecular flexibility index (Phi) is 8.46. The van der Waals surface area contributed by atoms with Crippen molar-refractivity contribution in [3.05, 3.63) is 0 Å². The topological polar surface area (TPSA) is 64.8 Å². The largest absolute Gasteiger partial charge is 0.381 e. The molecule has 1 unspecified atom stereocenters. The summed E-state index contributed by atoms with van der Waals surface area (Å²) in [6.07, 6.45) is 9.49. The lowest BCUT2D eigenvalue weighted by molar-refractivity contribution is -0.138. The van der Waals surface area contributed by atoms with Crippen molar-refractivity contribution in [3.8, 4) is 0 Å². The Morgan fingerprint density at radius 1 is 1.00 bits per heavy atom. The molecular weight excluding hydrogens is 340 g/mol. The van der Waals surface area contributed by atoms with Gasteiger partial charge in [-0.3, -0.25) is 4.79 Å². The second-order valence-corrected chi connectivity index (χ2v) is 8.02. The van der Waals surface area contributed by atoms with Crippen LogP contribution in [-0.2, 0) is 14.3 Å². The van der Waals surface area contributed by atoms with E-state index in [9.17, 15) is 4.79 Å². The Morgan fingerprint density at radius 2 is 1.56 bits per heavy atom. The molecule has 1 atom stereocenters. The summed E-state index contributed by atoms with van der Waals surface area (Å²) in [4.78, 5) is 14.6. The summed E-state index contributed by atoms with van der Waals surface area (Å²) in [7, 11) is 0. The second-order valence-electron chi connectivity index (χ2n) is 8.02. The Morgan fingerprint density at radius 3 is 2.16 bits per heavy atom.